The summed E-state index contributed by atoms with van der Waals surface area (Å²) in [6.07, 6.45) is 3.47. The van der Waals surface area contributed by atoms with Crippen molar-refractivity contribution in [2.45, 2.75) is 30.9 Å². The predicted octanol–water partition coefficient (Wildman–Crippen LogP) is 2.25. The summed E-state index contributed by atoms with van der Waals surface area (Å²) in [7, 11) is -3.30. The fourth-order valence-electron chi connectivity index (χ4n) is 2.42. The normalized spacial score (nSPS) is 17.3. The fourth-order valence-corrected chi connectivity index (χ4v) is 3.90. The van der Waals surface area contributed by atoms with E-state index in [0.29, 0.717) is 5.95 Å². The highest BCUT2D eigenvalue weighted by atomic mass is 32.2. The summed E-state index contributed by atoms with van der Waals surface area (Å²) in [6.45, 7) is 0. The zero-order chi connectivity index (χ0) is 12.6. The van der Waals surface area contributed by atoms with Gasteiger partial charge in [-0.1, -0.05) is 25.0 Å². The molecule has 3 rings (SSSR count). The van der Waals surface area contributed by atoms with Crippen LogP contribution >= 0.6 is 0 Å². The average Bonchev–Trinajstić information content (AvgIpc) is 2.96. The molecule has 0 radical (unpaired) electrons. The van der Waals surface area contributed by atoms with Gasteiger partial charge in [0.2, 0.25) is 16.0 Å². The molecule has 1 aromatic carbocycles. The second kappa shape index (κ2) is 4.28. The number of H-pyrrole nitrogens is 1. The van der Waals surface area contributed by atoms with Crippen LogP contribution in [0, 0.1) is 0 Å². The van der Waals surface area contributed by atoms with Crippen LogP contribution in [0.5, 0.6) is 0 Å². The Balaban J connectivity index is 1.87. The van der Waals surface area contributed by atoms with Gasteiger partial charge in [0.15, 0.2) is 0 Å². The number of hydrogen-bond donors (Lipinski definition) is 2. The van der Waals surface area contributed by atoms with Crippen molar-refractivity contribution in [2.75, 3.05) is 4.72 Å². The molecule has 0 bridgehead atoms. The van der Waals surface area contributed by atoms with Crippen molar-refractivity contribution >= 4 is 27.0 Å². The molecule has 1 fully saturated rings. The number of rotatable bonds is 3. The predicted molar refractivity (Wildman–Crippen MR) is 70.9 cm³/mol. The lowest BCUT2D eigenvalue weighted by Gasteiger charge is -2.10. The summed E-state index contributed by atoms with van der Waals surface area (Å²) < 4.78 is 26.8. The number of nitrogens with one attached hydrogen (secondary N) is 2. The Morgan fingerprint density at radius 1 is 1.22 bits per heavy atom. The SMILES string of the molecule is O=S(=O)(Nc1nc2ccccc2[nH]1)C1CCCC1. The molecule has 0 saturated heterocycles. The average molecular weight is 265 g/mol. The summed E-state index contributed by atoms with van der Waals surface area (Å²) in [5.41, 5.74) is 1.60. The molecule has 1 saturated carbocycles. The van der Waals surface area contributed by atoms with Crippen LogP contribution < -0.4 is 4.72 Å². The number of fused-ring (bicyclic) bond motifs is 1. The maximum atomic E-state index is 12.1. The molecule has 0 atom stereocenters. The second-order valence-corrected chi connectivity index (χ2v) is 6.62. The number of benzene rings is 1. The van der Waals surface area contributed by atoms with E-state index < -0.39 is 10.0 Å². The fraction of sp³-hybridized carbons (Fsp3) is 0.417. The van der Waals surface area contributed by atoms with Gasteiger partial charge in [0.25, 0.3) is 0 Å². The Kier molecular flexibility index (Phi) is 2.74. The molecule has 2 aromatic rings. The third kappa shape index (κ3) is 2.08. The quantitative estimate of drug-likeness (QED) is 0.893. The van der Waals surface area contributed by atoms with Gasteiger partial charge in [0.05, 0.1) is 16.3 Å². The lowest BCUT2D eigenvalue weighted by atomic mass is 10.3. The van der Waals surface area contributed by atoms with Crippen molar-refractivity contribution in [1.29, 1.82) is 0 Å². The minimum atomic E-state index is -3.30. The second-order valence-electron chi connectivity index (χ2n) is 4.66. The molecule has 0 unspecified atom stereocenters. The summed E-state index contributed by atoms with van der Waals surface area (Å²) in [5.74, 6) is 0.308. The van der Waals surface area contributed by atoms with Crippen molar-refractivity contribution in [3.8, 4) is 0 Å². The summed E-state index contributed by atoms with van der Waals surface area (Å²) >= 11 is 0. The van der Waals surface area contributed by atoms with E-state index in [2.05, 4.69) is 14.7 Å². The number of anilines is 1. The van der Waals surface area contributed by atoms with Crippen molar-refractivity contribution in [3.63, 3.8) is 0 Å². The van der Waals surface area contributed by atoms with E-state index >= 15 is 0 Å². The monoisotopic (exact) mass is 265 g/mol. The van der Waals surface area contributed by atoms with Gasteiger partial charge in [0, 0.05) is 0 Å². The van der Waals surface area contributed by atoms with Gasteiger partial charge in [-0.2, -0.15) is 0 Å². The van der Waals surface area contributed by atoms with E-state index in [4.69, 9.17) is 0 Å². The molecule has 1 aliphatic carbocycles. The van der Waals surface area contributed by atoms with Crippen molar-refractivity contribution in [1.82, 2.24) is 9.97 Å². The Hall–Kier alpha value is -1.56. The Morgan fingerprint density at radius 2 is 1.94 bits per heavy atom. The van der Waals surface area contributed by atoms with E-state index in [9.17, 15) is 8.42 Å². The zero-order valence-electron chi connectivity index (χ0n) is 9.89. The lowest BCUT2D eigenvalue weighted by molar-refractivity contribution is 0.585. The van der Waals surface area contributed by atoms with Crippen molar-refractivity contribution in [3.05, 3.63) is 24.3 Å². The highest BCUT2D eigenvalue weighted by Crippen LogP contribution is 2.26. The number of aromatic nitrogens is 2. The Bertz CT molecular complexity index is 624. The Morgan fingerprint density at radius 3 is 2.67 bits per heavy atom. The van der Waals surface area contributed by atoms with E-state index in [1.165, 1.54) is 0 Å². The molecule has 6 heteroatoms. The van der Waals surface area contributed by atoms with Gasteiger partial charge in [-0.3, -0.25) is 4.72 Å². The number of sulfonamides is 1. The first kappa shape index (κ1) is 11.5. The third-order valence-corrected chi connectivity index (χ3v) is 5.20. The van der Waals surface area contributed by atoms with E-state index in [1.807, 2.05) is 24.3 Å². The van der Waals surface area contributed by atoms with Crippen LogP contribution in [0.1, 0.15) is 25.7 Å². The van der Waals surface area contributed by atoms with Gasteiger partial charge in [-0.15, -0.1) is 0 Å². The van der Waals surface area contributed by atoms with Crippen molar-refractivity contribution in [2.24, 2.45) is 0 Å². The summed E-state index contributed by atoms with van der Waals surface area (Å²) in [6, 6.07) is 7.48. The van der Waals surface area contributed by atoms with Gasteiger partial charge in [-0.05, 0) is 25.0 Å². The van der Waals surface area contributed by atoms with Crippen LogP contribution in [0.3, 0.4) is 0 Å². The van der Waals surface area contributed by atoms with Crippen LogP contribution in [0.15, 0.2) is 24.3 Å². The largest absolute Gasteiger partial charge is 0.323 e. The topological polar surface area (TPSA) is 74.8 Å². The molecule has 2 N–H and O–H groups in total. The van der Waals surface area contributed by atoms with Gasteiger partial charge in [0.1, 0.15) is 0 Å². The van der Waals surface area contributed by atoms with Gasteiger partial charge in [-0.25, -0.2) is 13.4 Å². The minimum Gasteiger partial charge on any atom is -0.323 e. The van der Waals surface area contributed by atoms with Crippen LogP contribution in [0.25, 0.3) is 11.0 Å². The van der Waals surface area contributed by atoms with Crippen LogP contribution in [0.4, 0.5) is 5.95 Å². The summed E-state index contributed by atoms with van der Waals surface area (Å²) in [5, 5.41) is -0.272. The molecule has 0 amide bonds. The highest BCUT2D eigenvalue weighted by molar-refractivity contribution is 7.93. The van der Waals surface area contributed by atoms with Crippen LogP contribution in [0.2, 0.25) is 0 Å². The maximum Gasteiger partial charge on any atom is 0.237 e. The minimum absolute atomic E-state index is 0.272. The molecular formula is C12H15N3O2S. The highest BCUT2D eigenvalue weighted by Gasteiger charge is 2.29. The maximum absolute atomic E-state index is 12.1. The van der Waals surface area contributed by atoms with E-state index in [0.717, 1.165) is 36.7 Å². The first-order valence-electron chi connectivity index (χ1n) is 6.11. The van der Waals surface area contributed by atoms with Crippen LogP contribution in [-0.4, -0.2) is 23.6 Å². The first-order valence-corrected chi connectivity index (χ1v) is 7.66. The lowest BCUT2D eigenvalue weighted by Crippen LogP contribution is -2.25. The molecule has 18 heavy (non-hydrogen) atoms. The smallest absolute Gasteiger partial charge is 0.237 e. The molecule has 0 aliphatic heterocycles. The number of aromatic amines is 1. The van der Waals surface area contributed by atoms with Gasteiger partial charge >= 0.3 is 0 Å². The Labute approximate surface area is 106 Å². The molecular weight excluding hydrogens is 250 g/mol. The first-order chi connectivity index (χ1) is 8.65. The summed E-state index contributed by atoms with van der Waals surface area (Å²) in [4.78, 5) is 7.20. The molecule has 1 aliphatic rings. The molecule has 1 aromatic heterocycles. The number of hydrogen-bond acceptors (Lipinski definition) is 3. The van der Waals surface area contributed by atoms with E-state index in [1.54, 1.807) is 0 Å². The van der Waals surface area contributed by atoms with Gasteiger partial charge < -0.3 is 4.98 Å². The molecule has 5 nitrogen and oxygen atoms in total. The number of imidazole rings is 1. The molecule has 0 spiro atoms. The van der Waals surface area contributed by atoms with E-state index in [-0.39, 0.29) is 5.25 Å². The zero-order valence-corrected chi connectivity index (χ0v) is 10.7. The van der Waals surface area contributed by atoms with Crippen LogP contribution in [-0.2, 0) is 10.0 Å². The third-order valence-electron chi connectivity index (χ3n) is 3.37. The molecule has 1 heterocycles. The number of nitrogens with zero attached hydrogens (tertiary/aromatic N) is 1. The molecule has 96 valence electrons. The standard InChI is InChI=1S/C12H15N3O2S/c16-18(17,9-5-1-2-6-9)15-12-13-10-7-3-4-8-11(10)14-12/h3-4,7-9H,1-2,5-6H2,(H2,13,14,15). The number of para-hydroxylation sites is 2. The van der Waals surface area contributed by atoms with Crippen molar-refractivity contribution < 1.29 is 8.42 Å².